The third-order valence-corrected chi connectivity index (χ3v) is 8.09. The van der Waals surface area contributed by atoms with Crippen LogP contribution in [0.3, 0.4) is 0 Å². The molecule has 36 heavy (non-hydrogen) atoms. The average Bonchev–Trinajstić information content (AvgIpc) is 3.37. The number of hydrogen-bond donors (Lipinski definition) is 3. The smallest absolute Gasteiger partial charge is 0.416 e. The van der Waals surface area contributed by atoms with E-state index in [0.717, 1.165) is 23.5 Å². The van der Waals surface area contributed by atoms with Crippen LogP contribution in [0.4, 0.5) is 24.5 Å². The first-order chi connectivity index (χ1) is 16.9. The molecular formula is C24H16ClF3N2O4S2. The summed E-state index contributed by atoms with van der Waals surface area (Å²) in [5, 5.41) is 14.2. The van der Waals surface area contributed by atoms with E-state index in [0.29, 0.717) is 11.1 Å². The van der Waals surface area contributed by atoms with Crippen LogP contribution < -0.4 is 10.0 Å². The van der Waals surface area contributed by atoms with Gasteiger partial charge in [-0.15, -0.1) is 11.3 Å². The van der Waals surface area contributed by atoms with Crippen LogP contribution >= 0.6 is 22.9 Å². The SMILES string of the molecule is O=C(Nc1ccc(O)c(NS(=O)(=O)c2cccs2)c1)c1ccc(-c2ccc(C(F)(F)F)cc2Cl)cc1. The first kappa shape index (κ1) is 25.5. The zero-order valence-corrected chi connectivity index (χ0v) is 20.4. The van der Waals surface area contributed by atoms with E-state index in [4.69, 9.17) is 11.6 Å². The number of hydrogen-bond acceptors (Lipinski definition) is 5. The van der Waals surface area contributed by atoms with Gasteiger partial charge in [-0.1, -0.05) is 35.9 Å². The van der Waals surface area contributed by atoms with E-state index in [9.17, 15) is 31.5 Å². The highest BCUT2D eigenvalue weighted by Gasteiger charge is 2.31. The van der Waals surface area contributed by atoms with Crippen LogP contribution in [0.25, 0.3) is 11.1 Å². The lowest BCUT2D eigenvalue weighted by molar-refractivity contribution is -0.137. The maximum atomic E-state index is 12.9. The van der Waals surface area contributed by atoms with Crippen molar-refractivity contribution in [3.8, 4) is 16.9 Å². The van der Waals surface area contributed by atoms with Gasteiger partial charge in [0.1, 0.15) is 9.96 Å². The third kappa shape index (κ3) is 5.64. The van der Waals surface area contributed by atoms with E-state index < -0.39 is 27.7 Å². The minimum atomic E-state index is -4.51. The lowest BCUT2D eigenvalue weighted by Crippen LogP contribution is -2.14. The molecule has 3 N–H and O–H groups in total. The predicted octanol–water partition coefficient (Wildman–Crippen LogP) is 6.85. The molecule has 3 aromatic carbocycles. The number of carbonyl (C=O) groups excluding carboxylic acids is 1. The van der Waals surface area contributed by atoms with E-state index >= 15 is 0 Å². The first-order valence-corrected chi connectivity index (χ1v) is 12.9. The van der Waals surface area contributed by atoms with Gasteiger partial charge in [0.25, 0.3) is 15.9 Å². The van der Waals surface area contributed by atoms with Gasteiger partial charge in [-0.05, 0) is 59.5 Å². The van der Waals surface area contributed by atoms with E-state index in [2.05, 4.69) is 10.0 Å². The molecule has 0 aliphatic carbocycles. The zero-order chi connectivity index (χ0) is 26.1. The largest absolute Gasteiger partial charge is 0.506 e. The quantitative estimate of drug-likeness (QED) is 0.180. The molecular weight excluding hydrogens is 537 g/mol. The molecule has 0 aliphatic heterocycles. The molecule has 0 unspecified atom stereocenters. The number of nitrogens with one attached hydrogen (secondary N) is 2. The molecule has 0 spiro atoms. The fraction of sp³-hybridized carbons (Fsp3) is 0.0417. The fourth-order valence-electron chi connectivity index (χ4n) is 3.24. The fourth-order valence-corrected chi connectivity index (χ4v) is 5.58. The van der Waals surface area contributed by atoms with E-state index in [1.54, 1.807) is 23.6 Å². The number of phenolic OH excluding ortho intramolecular Hbond substituents is 1. The van der Waals surface area contributed by atoms with Crippen molar-refractivity contribution in [3.63, 3.8) is 0 Å². The Bertz CT molecular complexity index is 1520. The van der Waals surface area contributed by atoms with E-state index in [1.165, 1.54) is 42.5 Å². The normalized spacial score (nSPS) is 11.8. The average molecular weight is 553 g/mol. The molecule has 6 nitrogen and oxygen atoms in total. The summed E-state index contributed by atoms with van der Waals surface area (Å²) in [6.07, 6.45) is -4.51. The van der Waals surface area contributed by atoms with Crippen molar-refractivity contribution in [1.82, 2.24) is 0 Å². The number of alkyl halides is 3. The van der Waals surface area contributed by atoms with Gasteiger partial charge in [0.15, 0.2) is 0 Å². The highest BCUT2D eigenvalue weighted by molar-refractivity contribution is 7.94. The second kappa shape index (κ2) is 9.84. The topological polar surface area (TPSA) is 95.5 Å². The number of phenols is 1. The van der Waals surface area contributed by atoms with Gasteiger partial charge >= 0.3 is 6.18 Å². The Morgan fingerprint density at radius 3 is 2.31 bits per heavy atom. The standard InChI is InChI=1S/C24H16ClF3N2O4S2/c25-19-12-16(24(26,27)28)7-9-18(19)14-3-5-15(6-4-14)23(32)29-17-8-10-21(31)20(13-17)30-36(33,34)22-2-1-11-35-22/h1-13,30-31H,(H,29,32). The summed E-state index contributed by atoms with van der Waals surface area (Å²) < 4.78 is 65.8. The van der Waals surface area contributed by atoms with E-state index in [-0.39, 0.29) is 31.9 Å². The van der Waals surface area contributed by atoms with Gasteiger partial charge in [0, 0.05) is 21.8 Å². The lowest BCUT2D eigenvalue weighted by Gasteiger charge is -2.12. The van der Waals surface area contributed by atoms with Crippen molar-refractivity contribution < 1.29 is 31.5 Å². The number of sulfonamides is 1. The van der Waals surface area contributed by atoms with Gasteiger partial charge in [0.05, 0.1) is 11.3 Å². The zero-order valence-electron chi connectivity index (χ0n) is 18.0. The highest BCUT2D eigenvalue weighted by Crippen LogP contribution is 2.36. The number of anilines is 2. The second-order valence-electron chi connectivity index (χ2n) is 7.49. The number of carbonyl (C=O) groups is 1. The number of thiophene rings is 1. The number of benzene rings is 3. The van der Waals surface area contributed by atoms with Gasteiger partial charge in [0.2, 0.25) is 0 Å². The Labute approximate surface area is 213 Å². The molecule has 1 amide bonds. The maximum Gasteiger partial charge on any atom is 0.416 e. The summed E-state index contributed by atoms with van der Waals surface area (Å²) in [4.78, 5) is 12.7. The predicted molar refractivity (Wildman–Crippen MR) is 133 cm³/mol. The van der Waals surface area contributed by atoms with Crippen molar-refractivity contribution in [2.75, 3.05) is 10.0 Å². The van der Waals surface area contributed by atoms with Gasteiger partial charge in [-0.3, -0.25) is 9.52 Å². The molecule has 0 radical (unpaired) electrons. The molecule has 12 heteroatoms. The highest BCUT2D eigenvalue weighted by atomic mass is 35.5. The Morgan fingerprint density at radius 2 is 1.69 bits per heavy atom. The van der Waals surface area contributed by atoms with Crippen LogP contribution in [0.2, 0.25) is 5.02 Å². The molecule has 0 saturated carbocycles. The van der Waals surface area contributed by atoms with Crippen LogP contribution in [0.5, 0.6) is 5.75 Å². The Kier molecular flexibility index (Phi) is 6.98. The van der Waals surface area contributed by atoms with Crippen molar-refractivity contribution >= 4 is 50.2 Å². The Morgan fingerprint density at radius 1 is 0.972 bits per heavy atom. The number of rotatable bonds is 6. The molecule has 0 fully saturated rings. The van der Waals surface area contributed by atoms with Crippen molar-refractivity contribution in [2.45, 2.75) is 10.4 Å². The molecule has 0 atom stereocenters. The monoisotopic (exact) mass is 552 g/mol. The van der Waals surface area contributed by atoms with Crippen LogP contribution in [-0.2, 0) is 16.2 Å². The number of halogens is 4. The van der Waals surface area contributed by atoms with Gasteiger partial charge in [-0.2, -0.15) is 13.2 Å². The molecule has 0 saturated heterocycles. The summed E-state index contributed by atoms with van der Waals surface area (Å²) in [5.41, 5.74) is 0.358. The summed E-state index contributed by atoms with van der Waals surface area (Å²) >= 11 is 7.05. The molecule has 4 rings (SSSR count). The Balaban J connectivity index is 1.50. The second-order valence-corrected chi connectivity index (χ2v) is 10.8. The minimum Gasteiger partial charge on any atom is -0.506 e. The summed E-state index contributed by atoms with van der Waals surface area (Å²) in [7, 11) is -3.91. The van der Waals surface area contributed by atoms with Gasteiger partial charge < -0.3 is 10.4 Å². The summed E-state index contributed by atoms with van der Waals surface area (Å²) in [6, 6.07) is 15.9. The van der Waals surface area contributed by atoms with Crippen LogP contribution in [0, 0.1) is 0 Å². The van der Waals surface area contributed by atoms with Crippen molar-refractivity contribution in [2.24, 2.45) is 0 Å². The molecule has 4 aromatic rings. The molecule has 1 aromatic heterocycles. The lowest BCUT2D eigenvalue weighted by atomic mass is 10.0. The number of aromatic hydroxyl groups is 1. The molecule has 0 aliphatic rings. The van der Waals surface area contributed by atoms with Gasteiger partial charge in [-0.25, -0.2) is 8.42 Å². The Hall–Kier alpha value is -3.54. The van der Waals surface area contributed by atoms with Crippen LogP contribution in [0.1, 0.15) is 15.9 Å². The van der Waals surface area contributed by atoms with Crippen molar-refractivity contribution in [3.05, 3.63) is 94.3 Å². The van der Waals surface area contributed by atoms with E-state index in [1.807, 2.05) is 0 Å². The minimum absolute atomic E-state index is 0.0598. The molecule has 0 bridgehead atoms. The summed E-state index contributed by atoms with van der Waals surface area (Å²) in [5.74, 6) is -0.858. The molecule has 186 valence electrons. The van der Waals surface area contributed by atoms with Crippen LogP contribution in [0.15, 0.2) is 82.4 Å². The maximum absolute atomic E-state index is 12.9. The molecule has 1 heterocycles. The van der Waals surface area contributed by atoms with Crippen LogP contribution in [-0.4, -0.2) is 19.4 Å². The third-order valence-electron chi connectivity index (χ3n) is 5.01. The van der Waals surface area contributed by atoms with Crippen molar-refractivity contribution in [1.29, 1.82) is 0 Å². The summed E-state index contributed by atoms with van der Waals surface area (Å²) in [6.45, 7) is 0. The first-order valence-electron chi connectivity index (χ1n) is 10.1. The number of amides is 1.